The van der Waals surface area contributed by atoms with Crippen molar-refractivity contribution < 1.29 is 0 Å². The first-order chi connectivity index (χ1) is 5.86. The molecule has 0 saturated carbocycles. The van der Waals surface area contributed by atoms with E-state index in [1.165, 1.54) is 32.7 Å². The van der Waals surface area contributed by atoms with Crippen molar-refractivity contribution in [2.75, 3.05) is 52.6 Å². The molecule has 0 bridgehead atoms. The molecule has 3 nitrogen and oxygen atoms in total. The van der Waals surface area contributed by atoms with E-state index in [1.54, 1.807) is 0 Å². The van der Waals surface area contributed by atoms with Gasteiger partial charge in [-0.1, -0.05) is 11.9 Å². The van der Waals surface area contributed by atoms with E-state index in [4.69, 9.17) is 0 Å². The third kappa shape index (κ3) is 3.31. The summed E-state index contributed by atoms with van der Waals surface area (Å²) in [7, 11) is 2.01. The Labute approximate surface area is 79.6 Å². The highest BCUT2D eigenvalue weighted by Crippen LogP contribution is 2.08. The average molecular weight is 189 g/mol. The number of hydrogen-bond acceptors (Lipinski definition) is 4. The lowest BCUT2D eigenvalue weighted by Gasteiger charge is -2.33. The smallest absolute Gasteiger partial charge is 0.0218 e. The highest BCUT2D eigenvalue weighted by atomic mass is 32.2. The van der Waals surface area contributed by atoms with Crippen molar-refractivity contribution in [3.8, 4) is 0 Å². The monoisotopic (exact) mass is 189 g/mol. The van der Waals surface area contributed by atoms with Crippen LogP contribution in [0.1, 0.15) is 0 Å². The standard InChI is InChI=1S/C8H19N3S/c1-9-3-4-10-5-7-11(12-2)8-6-10/h9H,3-8H2,1-2H3. The number of piperazine rings is 1. The van der Waals surface area contributed by atoms with E-state index in [0.29, 0.717) is 0 Å². The zero-order chi connectivity index (χ0) is 8.81. The first-order valence-electron chi connectivity index (χ1n) is 4.53. The first-order valence-corrected chi connectivity index (χ1v) is 5.71. The summed E-state index contributed by atoms with van der Waals surface area (Å²) in [6, 6.07) is 0. The Morgan fingerprint density at radius 3 is 2.42 bits per heavy atom. The molecule has 72 valence electrons. The molecule has 0 unspecified atom stereocenters. The fourth-order valence-electron chi connectivity index (χ4n) is 1.41. The number of nitrogens with one attached hydrogen (secondary N) is 1. The predicted molar refractivity (Wildman–Crippen MR) is 55.5 cm³/mol. The van der Waals surface area contributed by atoms with Gasteiger partial charge >= 0.3 is 0 Å². The van der Waals surface area contributed by atoms with Crippen LogP contribution in [0.25, 0.3) is 0 Å². The van der Waals surface area contributed by atoms with Crippen LogP contribution in [0.4, 0.5) is 0 Å². The number of rotatable bonds is 4. The van der Waals surface area contributed by atoms with E-state index in [9.17, 15) is 0 Å². The zero-order valence-electron chi connectivity index (χ0n) is 8.05. The molecule has 1 heterocycles. The minimum Gasteiger partial charge on any atom is -0.318 e. The second kappa shape index (κ2) is 5.80. The van der Waals surface area contributed by atoms with Crippen molar-refractivity contribution in [2.24, 2.45) is 0 Å². The SMILES string of the molecule is CNCCN1CCN(SC)CC1. The third-order valence-electron chi connectivity index (χ3n) is 2.27. The minimum atomic E-state index is 1.11. The second-order valence-corrected chi connectivity index (χ2v) is 3.94. The van der Waals surface area contributed by atoms with Gasteiger partial charge in [-0.05, 0) is 13.3 Å². The molecule has 1 rings (SSSR count). The van der Waals surface area contributed by atoms with Crippen LogP contribution in [-0.2, 0) is 0 Å². The van der Waals surface area contributed by atoms with Crippen molar-refractivity contribution in [2.45, 2.75) is 0 Å². The van der Waals surface area contributed by atoms with Crippen LogP contribution in [0, 0.1) is 0 Å². The van der Waals surface area contributed by atoms with Crippen LogP contribution < -0.4 is 5.32 Å². The van der Waals surface area contributed by atoms with E-state index in [1.807, 2.05) is 19.0 Å². The van der Waals surface area contributed by atoms with Gasteiger partial charge in [-0.2, -0.15) is 0 Å². The molecule has 4 heteroatoms. The largest absolute Gasteiger partial charge is 0.318 e. The molecule has 1 aliphatic heterocycles. The maximum absolute atomic E-state index is 3.18. The van der Waals surface area contributed by atoms with Gasteiger partial charge < -0.3 is 5.32 Å². The van der Waals surface area contributed by atoms with Gasteiger partial charge in [0.1, 0.15) is 0 Å². The highest BCUT2D eigenvalue weighted by Gasteiger charge is 2.14. The molecule has 0 spiro atoms. The molecule has 0 aliphatic carbocycles. The van der Waals surface area contributed by atoms with E-state index >= 15 is 0 Å². The van der Waals surface area contributed by atoms with E-state index in [2.05, 4.69) is 20.8 Å². The van der Waals surface area contributed by atoms with Gasteiger partial charge in [0.25, 0.3) is 0 Å². The van der Waals surface area contributed by atoms with Gasteiger partial charge in [0.05, 0.1) is 0 Å². The molecular weight excluding hydrogens is 170 g/mol. The normalized spacial score (nSPS) is 21.5. The molecule has 0 aromatic carbocycles. The molecule has 1 saturated heterocycles. The molecule has 0 aromatic heterocycles. The summed E-state index contributed by atoms with van der Waals surface area (Å²) in [4.78, 5) is 2.52. The summed E-state index contributed by atoms with van der Waals surface area (Å²) in [5, 5.41) is 3.18. The van der Waals surface area contributed by atoms with E-state index in [-0.39, 0.29) is 0 Å². The minimum absolute atomic E-state index is 1.11. The van der Waals surface area contributed by atoms with Crippen LogP contribution in [0.15, 0.2) is 0 Å². The third-order valence-corrected chi connectivity index (χ3v) is 3.15. The molecular formula is C8H19N3S. The lowest BCUT2D eigenvalue weighted by molar-refractivity contribution is 0.198. The molecule has 0 radical (unpaired) electrons. The van der Waals surface area contributed by atoms with Gasteiger partial charge in [0.2, 0.25) is 0 Å². The molecule has 1 aliphatic rings. The van der Waals surface area contributed by atoms with Crippen molar-refractivity contribution in [1.82, 2.24) is 14.5 Å². The van der Waals surface area contributed by atoms with Crippen LogP contribution >= 0.6 is 11.9 Å². The van der Waals surface area contributed by atoms with Gasteiger partial charge in [0, 0.05) is 39.3 Å². The predicted octanol–water partition coefficient (Wildman–Crippen LogP) is 0.101. The summed E-state index contributed by atoms with van der Waals surface area (Å²) in [5.74, 6) is 0. The van der Waals surface area contributed by atoms with Crippen LogP contribution in [0.2, 0.25) is 0 Å². The molecule has 0 aromatic rings. The number of hydrogen-bond donors (Lipinski definition) is 1. The van der Waals surface area contributed by atoms with Gasteiger partial charge in [-0.25, -0.2) is 4.31 Å². The van der Waals surface area contributed by atoms with Crippen molar-refractivity contribution in [3.63, 3.8) is 0 Å². The molecule has 1 fully saturated rings. The van der Waals surface area contributed by atoms with Crippen molar-refractivity contribution in [1.29, 1.82) is 0 Å². The van der Waals surface area contributed by atoms with E-state index < -0.39 is 0 Å². The molecule has 0 amide bonds. The fraction of sp³-hybridized carbons (Fsp3) is 1.00. The van der Waals surface area contributed by atoms with Crippen molar-refractivity contribution in [3.05, 3.63) is 0 Å². The van der Waals surface area contributed by atoms with E-state index in [0.717, 1.165) is 6.54 Å². The first kappa shape index (κ1) is 10.3. The summed E-state index contributed by atoms with van der Waals surface area (Å²) >= 11 is 1.86. The molecule has 12 heavy (non-hydrogen) atoms. The summed E-state index contributed by atoms with van der Waals surface area (Å²) in [6.45, 7) is 7.18. The summed E-state index contributed by atoms with van der Waals surface area (Å²) in [5.41, 5.74) is 0. The Kier molecular flexibility index (Phi) is 4.99. The summed E-state index contributed by atoms with van der Waals surface area (Å²) < 4.78 is 2.43. The Balaban J connectivity index is 2.09. The average Bonchev–Trinajstić information content (AvgIpc) is 2.15. The zero-order valence-corrected chi connectivity index (χ0v) is 8.86. The lowest BCUT2D eigenvalue weighted by atomic mass is 10.3. The Bertz CT molecular complexity index is 113. The Morgan fingerprint density at radius 2 is 1.92 bits per heavy atom. The quantitative estimate of drug-likeness (QED) is 0.632. The number of nitrogens with zero attached hydrogens (tertiary/aromatic N) is 2. The van der Waals surface area contributed by atoms with Gasteiger partial charge in [0.15, 0.2) is 0 Å². The van der Waals surface area contributed by atoms with Crippen molar-refractivity contribution >= 4 is 11.9 Å². The van der Waals surface area contributed by atoms with Crippen LogP contribution in [0.5, 0.6) is 0 Å². The maximum atomic E-state index is 3.18. The Morgan fingerprint density at radius 1 is 1.25 bits per heavy atom. The van der Waals surface area contributed by atoms with Gasteiger partial charge in [-0.15, -0.1) is 0 Å². The lowest BCUT2D eigenvalue weighted by Crippen LogP contribution is -2.45. The fourth-order valence-corrected chi connectivity index (χ4v) is 1.93. The molecule has 0 atom stereocenters. The highest BCUT2D eigenvalue weighted by molar-refractivity contribution is 7.96. The van der Waals surface area contributed by atoms with Gasteiger partial charge in [-0.3, -0.25) is 4.90 Å². The second-order valence-electron chi connectivity index (χ2n) is 3.06. The number of likely N-dealkylation sites (N-methyl/N-ethyl adjacent to an activating group) is 1. The molecule has 1 N–H and O–H groups in total. The van der Waals surface area contributed by atoms with Crippen LogP contribution in [-0.4, -0.2) is 61.8 Å². The maximum Gasteiger partial charge on any atom is 0.0218 e. The Hall–Kier alpha value is 0.230. The summed E-state index contributed by atoms with van der Waals surface area (Å²) in [6.07, 6.45) is 2.16. The van der Waals surface area contributed by atoms with Crippen LogP contribution in [0.3, 0.4) is 0 Å². The topological polar surface area (TPSA) is 18.5 Å².